The van der Waals surface area contributed by atoms with Gasteiger partial charge in [0.15, 0.2) is 5.13 Å². The van der Waals surface area contributed by atoms with Crippen molar-refractivity contribution in [3.05, 3.63) is 29.6 Å². The Balaban J connectivity index is 2.15. The van der Waals surface area contributed by atoms with Gasteiger partial charge in [-0.3, -0.25) is 0 Å². The van der Waals surface area contributed by atoms with Gasteiger partial charge in [-0.25, -0.2) is 9.71 Å². The van der Waals surface area contributed by atoms with E-state index in [1.807, 2.05) is 12.1 Å². The SMILES string of the molecule is CC(C)(C)NS(=O)(=O)Nc1nc(-c2ccc(N)cc2)cs1. The van der Waals surface area contributed by atoms with Gasteiger partial charge >= 0.3 is 10.2 Å². The molecule has 8 heteroatoms. The van der Waals surface area contributed by atoms with Crippen LogP contribution in [0.1, 0.15) is 20.8 Å². The Morgan fingerprint density at radius 1 is 1.19 bits per heavy atom. The van der Waals surface area contributed by atoms with E-state index in [1.165, 1.54) is 11.3 Å². The fraction of sp³-hybridized carbons (Fsp3) is 0.308. The molecule has 6 nitrogen and oxygen atoms in total. The number of thiazole rings is 1. The van der Waals surface area contributed by atoms with Crippen LogP contribution in [-0.4, -0.2) is 18.9 Å². The van der Waals surface area contributed by atoms with Gasteiger partial charge in [-0.15, -0.1) is 11.3 Å². The van der Waals surface area contributed by atoms with Crippen LogP contribution in [0.25, 0.3) is 11.3 Å². The molecular weight excluding hydrogens is 308 g/mol. The molecule has 0 fully saturated rings. The predicted molar refractivity (Wildman–Crippen MR) is 87.4 cm³/mol. The summed E-state index contributed by atoms with van der Waals surface area (Å²) in [7, 11) is -3.64. The quantitative estimate of drug-likeness (QED) is 0.752. The number of anilines is 2. The number of hydrogen-bond acceptors (Lipinski definition) is 5. The summed E-state index contributed by atoms with van der Waals surface area (Å²) in [5.41, 5.74) is 7.34. The molecule has 0 aliphatic heterocycles. The maximum Gasteiger partial charge on any atom is 0.301 e. The first-order valence-electron chi connectivity index (χ1n) is 6.28. The second-order valence-corrected chi connectivity index (χ2v) is 7.89. The standard InChI is InChI=1S/C13H18N4O2S2/c1-13(2,3)17-21(18,19)16-12-15-11(8-20-12)9-4-6-10(14)7-5-9/h4-8,17H,14H2,1-3H3,(H,15,16). The van der Waals surface area contributed by atoms with Crippen molar-refractivity contribution in [2.24, 2.45) is 0 Å². The third-order valence-corrected chi connectivity index (χ3v) is 4.60. The van der Waals surface area contributed by atoms with Gasteiger partial charge in [0.25, 0.3) is 0 Å². The Bertz CT molecular complexity index is 715. The van der Waals surface area contributed by atoms with Crippen LogP contribution in [0.4, 0.5) is 10.8 Å². The average molecular weight is 326 g/mol. The molecule has 1 heterocycles. The summed E-state index contributed by atoms with van der Waals surface area (Å²) in [4.78, 5) is 4.27. The maximum absolute atomic E-state index is 11.9. The van der Waals surface area contributed by atoms with E-state index in [0.29, 0.717) is 16.5 Å². The Morgan fingerprint density at radius 3 is 2.38 bits per heavy atom. The second-order valence-electron chi connectivity index (χ2n) is 5.62. The molecule has 0 saturated carbocycles. The molecule has 0 aliphatic rings. The minimum atomic E-state index is -3.64. The van der Waals surface area contributed by atoms with Gasteiger partial charge in [0.2, 0.25) is 0 Å². The molecule has 1 aromatic carbocycles. The molecule has 4 N–H and O–H groups in total. The van der Waals surface area contributed by atoms with Crippen molar-refractivity contribution >= 4 is 32.4 Å². The third kappa shape index (κ3) is 4.69. The summed E-state index contributed by atoms with van der Waals surface area (Å²) in [6, 6.07) is 7.24. The molecule has 0 unspecified atom stereocenters. The smallest absolute Gasteiger partial charge is 0.301 e. The number of benzene rings is 1. The van der Waals surface area contributed by atoms with Gasteiger partial charge < -0.3 is 5.73 Å². The van der Waals surface area contributed by atoms with Crippen molar-refractivity contribution in [1.29, 1.82) is 0 Å². The molecule has 0 saturated heterocycles. The van der Waals surface area contributed by atoms with Crippen molar-refractivity contribution in [2.75, 3.05) is 10.5 Å². The van der Waals surface area contributed by atoms with Crippen molar-refractivity contribution in [3.63, 3.8) is 0 Å². The van der Waals surface area contributed by atoms with E-state index in [2.05, 4.69) is 14.4 Å². The summed E-state index contributed by atoms with van der Waals surface area (Å²) in [6.45, 7) is 5.32. The maximum atomic E-state index is 11.9. The zero-order chi connectivity index (χ0) is 15.7. The van der Waals surface area contributed by atoms with Crippen LogP contribution in [0.3, 0.4) is 0 Å². The number of nitrogen functional groups attached to an aromatic ring is 1. The van der Waals surface area contributed by atoms with Crippen molar-refractivity contribution in [2.45, 2.75) is 26.3 Å². The highest BCUT2D eigenvalue weighted by atomic mass is 32.2. The summed E-state index contributed by atoms with van der Waals surface area (Å²) in [6.07, 6.45) is 0. The normalized spacial score (nSPS) is 12.3. The average Bonchev–Trinajstić information content (AvgIpc) is 2.74. The van der Waals surface area contributed by atoms with Gasteiger partial charge in [0.05, 0.1) is 5.69 Å². The highest BCUT2D eigenvalue weighted by molar-refractivity contribution is 7.91. The number of nitrogens with two attached hydrogens (primary N) is 1. The van der Waals surface area contributed by atoms with E-state index in [4.69, 9.17) is 5.73 Å². The lowest BCUT2D eigenvalue weighted by atomic mass is 10.1. The van der Waals surface area contributed by atoms with Gasteiger partial charge in [-0.05, 0) is 32.9 Å². The molecule has 114 valence electrons. The van der Waals surface area contributed by atoms with Gasteiger partial charge in [0.1, 0.15) is 0 Å². The van der Waals surface area contributed by atoms with Crippen LogP contribution in [0.15, 0.2) is 29.6 Å². The Labute approximate surface area is 128 Å². The largest absolute Gasteiger partial charge is 0.399 e. The number of rotatable bonds is 4. The van der Waals surface area contributed by atoms with E-state index in [9.17, 15) is 8.42 Å². The lowest BCUT2D eigenvalue weighted by Crippen LogP contribution is -2.43. The van der Waals surface area contributed by atoms with Crippen LogP contribution in [0.5, 0.6) is 0 Å². The van der Waals surface area contributed by atoms with Gasteiger partial charge in [-0.2, -0.15) is 13.1 Å². The second kappa shape index (κ2) is 5.63. The molecular formula is C13H18N4O2S2. The number of hydrogen-bond donors (Lipinski definition) is 3. The lowest BCUT2D eigenvalue weighted by molar-refractivity contribution is 0.494. The molecule has 2 rings (SSSR count). The van der Waals surface area contributed by atoms with Crippen LogP contribution < -0.4 is 15.2 Å². The summed E-state index contributed by atoms with van der Waals surface area (Å²) in [5.74, 6) is 0. The van der Waals surface area contributed by atoms with Gasteiger partial charge in [0, 0.05) is 22.2 Å². The molecule has 1 aromatic heterocycles. The molecule has 2 aromatic rings. The fourth-order valence-corrected chi connectivity index (χ4v) is 3.87. The van der Waals surface area contributed by atoms with E-state index >= 15 is 0 Å². The van der Waals surface area contributed by atoms with E-state index < -0.39 is 15.7 Å². The minimum absolute atomic E-state index is 0.318. The number of nitrogens with zero attached hydrogens (tertiary/aromatic N) is 1. The van der Waals surface area contributed by atoms with Crippen molar-refractivity contribution in [1.82, 2.24) is 9.71 Å². The van der Waals surface area contributed by atoms with Crippen LogP contribution in [0.2, 0.25) is 0 Å². The Kier molecular flexibility index (Phi) is 4.22. The predicted octanol–water partition coefficient (Wildman–Crippen LogP) is 2.44. The summed E-state index contributed by atoms with van der Waals surface area (Å²) >= 11 is 1.23. The Hall–Kier alpha value is -1.64. The lowest BCUT2D eigenvalue weighted by Gasteiger charge is -2.20. The van der Waals surface area contributed by atoms with Crippen LogP contribution >= 0.6 is 11.3 Å². The zero-order valence-corrected chi connectivity index (χ0v) is 13.7. The highest BCUT2D eigenvalue weighted by Crippen LogP contribution is 2.26. The number of aromatic nitrogens is 1. The molecule has 0 spiro atoms. The van der Waals surface area contributed by atoms with E-state index in [1.54, 1.807) is 38.3 Å². The first-order valence-corrected chi connectivity index (χ1v) is 8.64. The monoisotopic (exact) mass is 326 g/mol. The topological polar surface area (TPSA) is 97.1 Å². The summed E-state index contributed by atoms with van der Waals surface area (Å²) in [5, 5.41) is 2.11. The Morgan fingerprint density at radius 2 is 1.81 bits per heavy atom. The van der Waals surface area contributed by atoms with Crippen LogP contribution in [0, 0.1) is 0 Å². The zero-order valence-electron chi connectivity index (χ0n) is 12.0. The molecule has 0 amide bonds. The fourth-order valence-electron chi connectivity index (χ4n) is 1.65. The third-order valence-electron chi connectivity index (χ3n) is 2.37. The molecule has 0 atom stereocenters. The van der Waals surface area contributed by atoms with Crippen LogP contribution in [-0.2, 0) is 10.2 Å². The first-order chi connectivity index (χ1) is 9.65. The van der Waals surface area contributed by atoms with E-state index in [-0.39, 0.29) is 0 Å². The molecule has 0 bridgehead atoms. The van der Waals surface area contributed by atoms with E-state index in [0.717, 1.165) is 5.56 Å². The molecule has 21 heavy (non-hydrogen) atoms. The minimum Gasteiger partial charge on any atom is -0.399 e. The first kappa shape index (κ1) is 15.7. The highest BCUT2D eigenvalue weighted by Gasteiger charge is 2.20. The molecule has 0 aliphatic carbocycles. The van der Waals surface area contributed by atoms with Crippen molar-refractivity contribution < 1.29 is 8.42 Å². The molecule has 0 radical (unpaired) electrons. The number of nitrogens with one attached hydrogen (secondary N) is 2. The van der Waals surface area contributed by atoms with Gasteiger partial charge in [-0.1, -0.05) is 12.1 Å². The van der Waals surface area contributed by atoms with Crippen molar-refractivity contribution in [3.8, 4) is 11.3 Å². The summed E-state index contributed by atoms with van der Waals surface area (Å²) < 4.78 is 28.8.